The van der Waals surface area contributed by atoms with Gasteiger partial charge in [-0.05, 0) is 43.0 Å². The van der Waals surface area contributed by atoms with Crippen molar-refractivity contribution < 1.29 is 14.3 Å². The Labute approximate surface area is 173 Å². The first-order valence-electron chi connectivity index (χ1n) is 10.3. The lowest BCUT2D eigenvalue weighted by atomic mass is 10.1. The van der Waals surface area contributed by atoms with Gasteiger partial charge in [0, 0.05) is 32.6 Å². The van der Waals surface area contributed by atoms with Crippen LogP contribution in [0.3, 0.4) is 0 Å². The summed E-state index contributed by atoms with van der Waals surface area (Å²) in [4.78, 5) is 28.8. The number of carbonyl (C=O) groups is 2. The molecule has 2 amide bonds. The van der Waals surface area contributed by atoms with Gasteiger partial charge in [0.2, 0.25) is 11.8 Å². The average molecular weight is 395 g/mol. The molecule has 5 nitrogen and oxygen atoms in total. The van der Waals surface area contributed by atoms with Gasteiger partial charge in [0.15, 0.2) is 0 Å². The highest BCUT2D eigenvalue weighted by Gasteiger charge is 2.23. The fourth-order valence-electron chi connectivity index (χ4n) is 3.63. The molecule has 3 rings (SSSR count). The van der Waals surface area contributed by atoms with Gasteiger partial charge in [-0.15, -0.1) is 0 Å². The highest BCUT2D eigenvalue weighted by atomic mass is 16.5. The Morgan fingerprint density at radius 2 is 1.55 bits per heavy atom. The minimum atomic E-state index is 0.102. The summed E-state index contributed by atoms with van der Waals surface area (Å²) in [7, 11) is 1.62. The monoisotopic (exact) mass is 394 g/mol. The maximum absolute atomic E-state index is 12.6. The number of nitrogens with zero attached hydrogens (tertiary/aromatic N) is 2. The van der Waals surface area contributed by atoms with Crippen LogP contribution in [0.2, 0.25) is 0 Å². The van der Waals surface area contributed by atoms with E-state index in [0.717, 1.165) is 24.2 Å². The molecular weight excluding hydrogens is 364 g/mol. The quantitative estimate of drug-likeness (QED) is 0.724. The molecule has 29 heavy (non-hydrogen) atoms. The average Bonchev–Trinajstić information content (AvgIpc) is 2.75. The SMILES string of the molecule is COc1cccc(CC(=O)N2CCN(C(=O)CCCc3ccc(C)cc3)CC2)c1. The van der Waals surface area contributed by atoms with Gasteiger partial charge >= 0.3 is 0 Å². The molecular formula is C24H30N2O3. The smallest absolute Gasteiger partial charge is 0.227 e. The highest BCUT2D eigenvalue weighted by molar-refractivity contribution is 5.80. The molecule has 0 radical (unpaired) electrons. The van der Waals surface area contributed by atoms with Crippen molar-refractivity contribution in [3.8, 4) is 5.75 Å². The number of aryl methyl sites for hydroxylation is 2. The van der Waals surface area contributed by atoms with Crippen LogP contribution in [0.1, 0.15) is 29.5 Å². The molecule has 1 fully saturated rings. The third-order valence-electron chi connectivity index (χ3n) is 5.45. The highest BCUT2D eigenvalue weighted by Crippen LogP contribution is 2.15. The summed E-state index contributed by atoms with van der Waals surface area (Å²) in [6, 6.07) is 16.1. The summed E-state index contributed by atoms with van der Waals surface area (Å²) >= 11 is 0. The normalized spacial score (nSPS) is 14.0. The number of carbonyl (C=O) groups excluding carboxylic acids is 2. The van der Waals surface area contributed by atoms with E-state index in [1.54, 1.807) is 7.11 Å². The second-order valence-electron chi connectivity index (χ2n) is 7.63. The molecule has 1 aliphatic rings. The Morgan fingerprint density at radius 3 is 2.21 bits per heavy atom. The minimum Gasteiger partial charge on any atom is -0.497 e. The largest absolute Gasteiger partial charge is 0.497 e. The van der Waals surface area contributed by atoms with E-state index in [4.69, 9.17) is 4.74 Å². The van der Waals surface area contributed by atoms with Gasteiger partial charge in [0.25, 0.3) is 0 Å². The lowest BCUT2D eigenvalue weighted by Crippen LogP contribution is -2.51. The molecule has 1 saturated heterocycles. The van der Waals surface area contributed by atoms with Crippen molar-refractivity contribution in [3.05, 3.63) is 65.2 Å². The second kappa shape index (κ2) is 10.1. The van der Waals surface area contributed by atoms with Gasteiger partial charge in [-0.1, -0.05) is 42.0 Å². The van der Waals surface area contributed by atoms with Crippen LogP contribution >= 0.6 is 0 Å². The van der Waals surface area contributed by atoms with Crippen LogP contribution in [-0.2, 0) is 22.4 Å². The second-order valence-corrected chi connectivity index (χ2v) is 7.63. The predicted octanol–water partition coefficient (Wildman–Crippen LogP) is 3.24. The first-order chi connectivity index (χ1) is 14.0. The van der Waals surface area contributed by atoms with Crippen molar-refractivity contribution in [2.45, 2.75) is 32.6 Å². The predicted molar refractivity (Wildman–Crippen MR) is 114 cm³/mol. The van der Waals surface area contributed by atoms with E-state index in [0.29, 0.717) is 39.0 Å². The Balaban J connectivity index is 1.40. The van der Waals surface area contributed by atoms with E-state index in [1.807, 2.05) is 34.1 Å². The van der Waals surface area contributed by atoms with Crippen molar-refractivity contribution >= 4 is 11.8 Å². The number of methoxy groups -OCH3 is 1. The zero-order valence-electron chi connectivity index (χ0n) is 17.4. The van der Waals surface area contributed by atoms with Crippen LogP contribution in [-0.4, -0.2) is 54.9 Å². The van der Waals surface area contributed by atoms with Crippen LogP contribution in [0.15, 0.2) is 48.5 Å². The molecule has 1 heterocycles. The Hall–Kier alpha value is -2.82. The number of hydrogen-bond donors (Lipinski definition) is 0. The maximum atomic E-state index is 12.6. The lowest BCUT2D eigenvalue weighted by molar-refractivity contribution is -0.139. The summed E-state index contributed by atoms with van der Waals surface area (Å²) in [5.41, 5.74) is 3.48. The van der Waals surface area contributed by atoms with E-state index < -0.39 is 0 Å². The van der Waals surface area contributed by atoms with Gasteiger partial charge in [-0.25, -0.2) is 0 Å². The summed E-state index contributed by atoms with van der Waals surface area (Å²) in [6.45, 7) is 4.52. The Bertz CT molecular complexity index is 824. The molecule has 0 bridgehead atoms. The topological polar surface area (TPSA) is 49.9 Å². The van der Waals surface area contributed by atoms with Gasteiger partial charge in [-0.2, -0.15) is 0 Å². The molecule has 0 atom stereocenters. The van der Waals surface area contributed by atoms with Crippen LogP contribution in [0.5, 0.6) is 5.75 Å². The summed E-state index contributed by atoms with van der Waals surface area (Å²) in [6.07, 6.45) is 2.70. The molecule has 0 aliphatic carbocycles. The van der Waals surface area contributed by atoms with Crippen LogP contribution in [0, 0.1) is 6.92 Å². The number of benzene rings is 2. The van der Waals surface area contributed by atoms with Gasteiger partial charge in [0.05, 0.1) is 13.5 Å². The van der Waals surface area contributed by atoms with Gasteiger partial charge in [0.1, 0.15) is 5.75 Å². The maximum Gasteiger partial charge on any atom is 0.227 e. The number of piperazine rings is 1. The van der Waals surface area contributed by atoms with E-state index in [2.05, 4.69) is 31.2 Å². The zero-order valence-corrected chi connectivity index (χ0v) is 17.4. The standard InChI is InChI=1S/C24H30N2O3/c1-19-9-11-20(12-10-19)5-4-8-23(27)25-13-15-26(16-14-25)24(28)18-21-6-3-7-22(17-21)29-2/h3,6-7,9-12,17H,4-5,8,13-16,18H2,1-2H3. The molecule has 5 heteroatoms. The fraction of sp³-hybridized carbons (Fsp3) is 0.417. The molecule has 154 valence electrons. The molecule has 0 saturated carbocycles. The Kier molecular flexibility index (Phi) is 7.28. The van der Waals surface area contributed by atoms with Gasteiger partial charge in [-0.3, -0.25) is 9.59 Å². The summed E-state index contributed by atoms with van der Waals surface area (Å²) in [5.74, 6) is 1.05. The van der Waals surface area contributed by atoms with Crippen LogP contribution < -0.4 is 4.74 Å². The lowest BCUT2D eigenvalue weighted by Gasteiger charge is -2.35. The molecule has 0 aromatic heterocycles. The molecule has 2 aromatic rings. The zero-order chi connectivity index (χ0) is 20.6. The Morgan fingerprint density at radius 1 is 0.897 bits per heavy atom. The number of amides is 2. The van der Waals surface area contributed by atoms with Gasteiger partial charge < -0.3 is 14.5 Å². The van der Waals surface area contributed by atoms with Crippen molar-refractivity contribution in [1.29, 1.82) is 0 Å². The molecule has 1 aliphatic heterocycles. The third-order valence-corrected chi connectivity index (χ3v) is 5.45. The van der Waals surface area contributed by atoms with E-state index in [9.17, 15) is 9.59 Å². The molecule has 2 aromatic carbocycles. The molecule has 0 N–H and O–H groups in total. The first-order valence-corrected chi connectivity index (χ1v) is 10.3. The molecule has 0 unspecified atom stereocenters. The van der Waals surface area contributed by atoms with E-state index >= 15 is 0 Å². The number of ether oxygens (including phenoxy) is 1. The van der Waals surface area contributed by atoms with Crippen molar-refractivity contribution in [2.24, 2.45) is 0 Å². The fourth-order valence-corrected chi connectivity index (χ4v) is 3.63. The minimum absolute atomic E-state index is 0.102. The van der Waals surface area contributed by atoms with Crippen molar-refractivity contribution in [2.75, 3.05) is 33.3 Å². The molecule has 0 spiro atoms. The van der Waals surface area contributed by atoms with E-state index in [1.165, 1.54) is 11.1 Å². The summed E-state index contributed by atoms with van der Waals surface area (Å²) < 4.78 is 5.22. The van der Waals surface area contributed by atoms with E-state index in [-0.39, 0.29) is 11.8 Å². The van der Waals surface area contributed by atoms with Crippen LogP contribution in [0.4, 0.5) is 0 Å². The number of rotatable bonds is 7. The summed E-state index contributed by atoms with van der Waals surface area (Å²) in [5, 5.41) is 0. The van der Waals surface area contributed by atoms with Crippen molar-refractivity contribution in [1.82, 2.24) is 9.80 Å². The number of hydrogen-bond acceptors (Lipinski definition) is 3. The van der Waals surface area contributed by atoms with Crippen LogP contribution in [0.25, 0.3) is 0 Å². The first kappa shape index (κ1) is 20.9. The third kappa shape index (κ3) is 6.08. The van der Waals surface area contributed by atoms with Crippen molar-refractivity contribution in [3.63, 3.8) is 0 Å².